The molecule has 0 bridgehead atoms. The topological polar surface area (TPSA) is 61.6 Å². The maximum Gasteiger partial charge on any atom is 0.240 e. The van der Waals surface area contributed by atoms with Gasteiger partial charge in [0.1, 0.15) is 0 Å². The van der Waals surface area contributed by atoms with Gasteiger partial charge in [0.05, 0.1) is 5.54 Å². The molecule has 23 heavy (non-hydrogen) atoms. The first kappa shape index (κ1) is 16.4. The molecule has 0 spiro atoms. The summed E-state index contributed by atoms with van der Waals surface area (Å²) in [5.41, 5.74) is 6.72. The Labute approximate surface area is 138 Å². The second-order valence-corrected chi connectivity index (χ2v) is 6.87. The van der Waals surface area contributed by atoms with E-state index in [4.69, 9.17) is 5.73 Å². The Morgan fingerprint density at radius 2 is 1.74 bits per heavy atom. The minimum Gasteiger partial charge on any atom is -0.354 e. The summed E-state index contributed by atoms with van der Waals surface area (Å²) in [7, 11) is 0. The number of piperazine rings is 1. The molecule has 1 aromatic rings. The number of nitrogens with one attached hydrogen (secondary N) is 1. The zero-order valence-corrected chi connectivity index (χ0v) is 13.8. The number of benzene rings is 1. The van der Waals surface area contributed by atoms with Crippen LogP contribution in [0.25, 0.3) is 0 Å². The standard InChI is InChI=1S/C18H28N4O/c19-18(7-8-18)17(23)20-9-4-10-21-11-13-22(14-12-21)15-16-5-2-1-3-6-16/h1-3,5-6H,4,7-15,19H2,(H,20,23). The molecular weight excluding hydrogens is 288 g/mol. The molecule has 1 aliphatic carbocycles. The Morgan fingerprint density at radius 1 is 1.09 bits per heavy atom. The monoisotopic (exact) mass is 316 g/mol. The quantitative estimate of drug-likeness (QED) is 0.731. The molecule has 1 heterocycles. The summed E-state index contributed by atoms with van der Waals surface area (Å²) in [6, 6.07) is 10.7. The number of rotatable bonds is 7. The van der Waals surface area contributed by atoms with E-state index in [2.05, 4.69) is 45.4 Å². The van der Waals surface area contributed by atoms with Crippen LogP contribution in [0.15, 0.2) is 30.3 Å². The molecule has 3 N–H and O–H groups in total. The van der Waals surface area contributed by atoms with Gasteiger partial charge in [-0.25, -0.2) is 0 Å². The van der Waals surface area contributed by atoms with E-state index in [0.717, 1.165) is 65.1 Å². The molecule has 5 nitrogen and oxygen atoms in total. The predicted octanol–water partition coefficient (Wildman–Crippen LogP) is 0.802. The summed E-state index contributed by atoms with van der Waals surface area (Å²) in [6.45, 7) is 7.30. The van der Waals surface area contributed by atoms with E-state index in [1.54, 1.807) is 0 Å². The molecule has 2 aliphatic rings. The van der Waals surface area contributed by atoms with Gasteiger partial charge < -0.3 is 16.0 Å². The van der Waals surface area contributed by atoms with Gasteiger partial charge in [0.15, 0.2) is 0 Å². The number of nitrogens with two attached hydrogens (primary N) is 1. The average molecular weight is 316 g/mol. The molecule has 1 saturated heterocycles. The van der Waals surface area contributed by atoms with E-state index in [0.29, 0.717) is 0 Å². The summed E-state index contributed by atoms with van der Waals surface area (Å²) in [6.07, 6.45) is 2.67. The van der Waals surface area contributed by atoms with E-state index >= 15 is 0 Å². The lowest BCUT2D eigenvalue weighted by Gasteiger charge is -2.34. The van der Waals surface area contributed by atoms with Gasteiger partial charge in [-0.05, 0) is 31.4 Å². The fourth-order valence-corrected chi connectivity index (χ4v) is 3.05. The van der Waals surface area contributed by atoms with Gasteiger partial charge in [0.2, 0.25) is 5.91 Å². The van der Waals surface area contributed by atoms with Crippen LogP contribution in [-0.2, 0) is 11.3 Å². The largest absolute Gasteiger partial charge is 0.354 e. The van der Waals surface area contributed by atoms with Crippen LogP contribution >= 0.6 is 0 Å². The smallest absolute Gasteiger partial charge is 0.240 e. The highest BCUT2D eigenvalue weighted by Gasteiger charge is 2.45. The molecule has 1 aromatic carbocycles. The number of hydrogen-bond donors (Lipinski definition) is 2. The Kier molecular flexibility index (Phi) is 5.30. The molecule has 0 aromatic heterocycles. The average Bonchev–Trinajstić information content (AvgIpc) is 3.33. The van der Waals surface area contributed by atoms with Gasteiger partial charge in [-0.3, -0.25) is 9.69 Å². The van der Waals surface area contributed by atoms with Crippen molar-refractivity contribution in [3.63, 3.8) is 0 Å². The summed E-state index contributed by atoms with van der Waals surface area (Å²) >= 11 is 0. The Hall–Kier alpha value is -1.43. The number of carbonyl (C=O) groups excluding carboxylic acids is 1. The molecule has 2 fully saturated rings. The number of nitrogens with zero attached hydrogens (tertiary/aromatic N) is 2. The molecule has 0 unspecified atom stereocenters. The van der Waals surface area contributed by atoms with Crippen molar-refractivity contribution in [1.82, 2.24) is 15.1 Å². The van der Waals surface area contributed by atoms with E-state index in [1.165, 1.54) is 5.56 Å². The summed E-state index contributed by atoms with van der Waals surface area (Å²) < 4.78 is 0. The molecular formula is C18H28N4O. The number of carbonyl (C=O) groups is 1. The van der Waals surface area contributed by atoms with Crippen LogP contribution in [0.1, 0.15) is 24.8 Å². The Morgan fingerprint density at radius 3 is 2.39 bits per heavy atom. The SMILES string of the molecule is NC1(C(=O)NCCCN2CCN(Cc3ccccc3)CC2)CC1. The van der Waals surface area contributed by atoms with Crippen LogP contribution in [0.5, 0.6) is 0 Å². The molecule has 126 valence electrons. The summed E-state index contributed by atoms with van der Waals surface area (Å²) in [5.74, 6) is 0.0326. The van der Waals surface area contributed by atoms with Crippen molar-refractivity contribution in [1.29, 1.82) is 0 Å². The second-order valence-electron chi connectivity index (χ2n) is 6.87. The lowest BCUT2D eigenvalue weighted by atomic mass is 10.2. The van der Waals surface area contributed by atoms with E-state index in [-0.39, 0.29) is 5.91 Å². The molecule has 1 saturated carbocycles. The number of hydrogen-bond acceptors (Lipinski definition) is 4. The van der Waals surface area contributed by atoms with Crippen molar-refractivity contribution in [2.24, 2.45) is 5.73 Å². The minimum absolute atomic E-state index is 0.0326. The zero-order valence-electron chi connectivity index (χ0n) is 13.8. The van der Waals surface area contributed by atoms with Crippen LogP contribution in [-0.4, -0.2) is 60.5 Å². The first-order valence-electron chi connectivity index (χ1n) is 8.72. The third-order valence-corrected chi connectivity index (χ3v) is 4.89. The fourth-order valence-electron chi connectivity index (χ4n) is 3.05. The Balaban J connectivity index is 1.28. The fraction of sp³-hybridized carbons (Fsp3) is 0.611. The number of amides is 1. The van der Waals surface area contributed by atoms with Crippen molar-refractivity contribution in [2.45, 2.75) is 31.3 Å². The Bertz CT molecular complexity index is 507. The van der Waals surface area contributed by atoms with E-state index in [9.17, 15) is 4.79 Å². The normalized spacial score (nSPS) is 21.1. The maximum absolute atomic E-state index is 11.7. The third kappa shape index (κ3) is 4.77. The summed E-state index contributed by atoms with van der Waals surface area (Å²) in [4.78, 5) is 16.7. The zero-order chi connectivity index (χ0) is 16.1. The lowest BCUT2D eigenvalue weighted by molar-refractivity contribution is -0.123. The van der Waals surface area contributed by atoms with E-state index < -0.39 is 5.54 Å². The maximum atomic E-state index is 11.7. The second kappa shape index (κ2) is 7.43. The van der Waals surface area contributed by atoms with Gasteiger partial charge in [-0.15, -0.1) is 0 Å². The van der Waals surface area contributed by atoms with Crippen molar-refractivity contribution in [3.05, 3.63) is 35.9 Å². The van der Waals surface area contributed by atoms with Gasteiger partial charge in [0.25, 0.3) is 0 Å². The molecule has 3 rings (SSSR count). The lowest BCUT2D eigenvalue weighted by Crippen LogP contribution is -2.47. The molecule has 0 radical (unpaired) electrons. The van der Waals surface area contributed by atoms with Crippen LogP contribution in [0, 0.1) is 0 Å². The van der Waals surface area contributed by atoms with Crippen LogP contribution < -0.4 is 11.1 Å². The highest BCUT2D eigenvalue weighted by Crippen LogP contribution is 2.31. The van der Waals surface area contributed by atoms with Crippen molar-refractivity contribution in [3.8, 4) is 0 Å². The first-order chi connectivity index (χ1) is 11.2. The molecule has 5 heteroatoms. The van der Waals surface area contributed by atoms with Crippen molar-refractivity contribution in [2.75, 3.05) is 39.3 Å². The van der Waals surface area contributed by atoms with Crippen LogP contribution in [0.3, 0.4) is 0 Å². The third-order valence-electron chi connectivity index (χ3n) is 4.89. The highest BCUT2D eigenvalue weighted by atomic mass is 16.2. The van der Waals surface area contributed by atoms with Crippen molar-refractivity contribution < 1.29 is 4.79 Å². The van der Waals surface area contributed by atoms with E-state index in [1.807, 2.05) is 0 Å². The van der Waals surface area contributed by atoms with Crippen molar-refractivity contribution >= 4 is 5.91 Å². The molecule has 1 aliphatic heterocycles. The van der Waals surface area contributed by atoms with Gasteiger partial charge in [-0.1, -0.05) is 30.3 Å². The summed E-state index contributed by atoms with van der Waals surface area (Å²) in [5, 5.41) is 2.97. The van der Waals surface area contributed by atoms with Crippen LogP contribution in [0.4, 0.5) is 0 Å². The predicted molar refractivity (Wildman–Crippen MR) is 91.9 cm³/mol. The van der Waals surface area contributed by atoms with Crippen LogP contribution in [0.2, 0.25) is 0 Å². The van der Waals surface area contributed by atoms with Gasteiger partial charge in [0, 0.05) is 39.3 Å². The highest BCUT2D eigenvalue weighted by molar-refractivity contribution is 5.88. The molecule has 0 atom stereocenters. The molecule has 1 amide bonds. The minimum atomic E-state index is -0.539. The van der Waals surface area contributed by atoms with Gasteiger partial charge in [-0.2, -0.15) is 0 Å². The van der Waals surface area contributed by atoms with Gasteiger partial charge >= 0.3 is 0 Å². The first-order valence-corrected chi connectivity index (χ1v) is 8.72.